The van der Waals surface area contributed by atoms with Crippen LogP contribution in [0.2, 0.25) is 5.02 Å². The van der Waals surface area contributed by atoms with E-state index in [1.807, 2.05) is 25.1 Å². The molecule has 2 aromatic carbocycles. The van der Waals surface area contributed by atoms with Gasteiger partial charge in [-0.3, -0.25) is 0 Å². The molecular formula is C18H22ClNO. The maximum absolute atomic E-state index is 6.35. The summed E-state index contributed by atoms with van der Waals surface area (Å²) >= 11 is 6.14. The van der Waals surface area contributed by atoms with Gasteiger partial charge in [0.2, 0.25) is 0 Å². The Morgan fingerprint density at radius 3 is 2.38 bits per heavy atom. The van der Waals surface area contributed by atoms with Crippen molar-refractivity contribution in [2.24, 2.45) is 5.73 Å². The third-order valence-corrected chi connectivity index (χ3v) is 4.26. The van der Waals surface area contributed by atoms with Crippen LogP contribution in [0.1, 0.15) is 34.7 Å². The van der Waals surface area contributed by atoms with Crippen LogP contribution < -0.4 is 10.5 Å². The maximum atomic E-state index is 6.35. The van der Waals surface area contributed by atoms with Crippen LogP contribution in [0.3, 0.4) is 0 Å². The first-order valence-corrected chi connectivity index (χ1v) is 7.54. The van der Waals surface area contributed by atoms with Gasteiger partial charge in [-0.05, 0) is 67.1 Å². The first-order valence-electron chi connectivity index (χ1n) is 7.16. The standard InChI is InChI=1S/C18H22ClNO/c1-12-11-17(19)13(2)10-16(12)18(20)9-6-14-4-7-15(21-3)8-5-14/h4-5,7-8,10-11,18H,6,9,20H2,1-3H3. The number of halogens is 1. The minimum absolute atomic E-state index is 0.0306. The van der Waals surface area contributed by atoms with Gasteiger partial charge in [-0.25, -0.2) is 0 Å². The van der Waals surface area contributed by atoms with Crippen LogP contribution in [0.4, 0.5) is 0 Å². The minimum Gasteiger partial charge on any atom is -0.497 e. The molecule has 3 heteroatoms. The first kappa shape index (κ1) is 15.9. The van der Waals surface area contributed by atoms with Crippen LogP contribution >= 0.6 is 11.6 Å². The molecule has 0 aliphatic carbocycles. The largest absolute Gasteiger partial charge is 0.497 e. The van der Waals surface area contributed by atoms with E-state index in [0.29, 0.717) is 0 Å². The molecule has 2 nitrogen and oxygen atoms in total. The predicted molar refractivity (Wildman–Crippen MR) is 89.2 cm³/mol. The monoisotopic (exact) mass is 303 g/mol. The summed E-state index contributed by atoms with van der Waals surface area (Å²) in [6, 6.07) is 12.3. The fraction of sp³-hybridized carbons (Fsp3) is 0.333. The molecule has 0 aliphatic heterocycles. The molecule has 0 aliphatic rings. The summed E-state index contributed by atoms with van der Waals surface area (Å²) in [5.74, 6) is 0.882. The molecule has 0 saturated heterocycles. The van der Waals surface area contributed by atoms with Crippen LogP contribution in [-0.4, -0.2) is 7.11 Å². The molecule has 1 atom stereocenters. The van der Waals surface area contributed by atoms with Crippen molar-refractivity contribution >= 4 is 11.6 Å². The maximum Gasteiger partial charge on any atom is 0.118 e. The second-order valence-electron chi connectivity index (χ2n) is 5.45. The molecule has 1 unspecified atom stereocenters. The lowest BCUT2D eigenvalue weighted by atomic mass is 9.95. The summed E-state index contributed by atoms with van der Waals surface area (Å²) < 4.78 is 5.17. The van der Waals surface area contributed by atoms with Gasteiger partial charge in [-0.2, -0.15) is 0 Å². The van der Waals surface area contributed by atoms with Crippen molar-refractivity contribution in [1.82, 2.24) is 0 Å². The lowest BCUT2D eigenvalue weighted by molar-refractivity contribution is 0.414. The third-order valence-electron chi connectivity index (χ3n) is 3.85. The van der Waals surface area contributed by atoms with Gasteiger partial charge in [0.05, 0.1) is 7.11 Å². The van der Waals surface area contributed by atoms with Crippen molar-refractivity contribution in [2.45, 2.75) is 32.7 Å². The highest BCUT2D eigenvalue weighted by Crippen LogP contribution is 2.26. The molecule has 2 aromatic rings. The van der Waals surface area contributed by atoms with Crippen LogP contribution in [0.15, 0.2) is 36.4 Å². The summed E-state index contributed by atoms with van der Waals surface area (Å²) in [5, 5.41) is 0.804. The van der Waals surface area contributed by atoms with Gasteiger partial charge in [-0.15, -0.1) is 0 Å². The Balaban J connectivity index is 2.04. The highest BCUT2D eigenvalue weighted by Gasteiger charge is 2.11. The summed E-state index contributed by atoms with van der Waals surface area (Å²) in [4.78, 5) is 0. The van der Waals surface area contributed by atoms with Crippen LogP contribution in [0.25, 0.3) is 0 Å². The number of benzene rings is 2. The number of rotatable bonds is 5. The van der Waals surface area contributed by atoms with Gasteiger partial charge in [0.15, 0.2) is 0 Å². The molecule has 21 heavy (non-hydrogen) atoms. The van der Waals surface area contributed by atoms with Gasteiger partial charge in [-0.1, -0.05) is 29.8 Å². The molecule has 2 N–H and O–H groups in total. The average Bonchev–Trinajstić information content (AvgIpc) is 2.49. The van der Waals surface area contributed by atoms with E-state index >= 15 is 0 Å². The molecule has 0 amide bonds. The summed E-state index contributed by atoms with van der Waals surface area (Å²) in [7, 11) is 1.68. The molecule has 112 valence electrons. The topological polar surface area (TPSA) is 35.2 Å². The Kier molecular flexibility index (Phi) is 5.27. The van der Waals surface area contributed by atoms with Crippen LogP contribution in [0.5, 0.6) is 5.75 Å². The van der Waals surface area contributed by atoms with Crippen molar-refractivity contribution in [3.05, 3.63) is 63.7 Å². The van der Waals surface area contributed by atoms with E-state index in [2.05, 4.69) is 25.1 Å². The molecule has 0 fully saturated rings. The lowest BCUT2D eigenvalue weighted by Gasteiger charge is -2.16. The van der Waals surface area contributed by atoms with E-state index in [4.69, 9.17) is 22.1 Å². The molecule has 0 saturated carbocycles. The lowest BCUT2D eigenvalue weighted by Crippen LogP contribution is -2.13. The zero-order chi connectivity index (χ0) is 15.4. The number of aryl methyl sites for hydroxylation is 3. The smallest absolute Gasteiger partial charge is 0.118 e. The Bertz CT molecular complexity index is 607. The van der Waals surface area contributed by atoms with Crippen LogP contribution in [0, 0.1) is 13.8 Å². The Labute approximate surface area is 131 Å². The van der Waals surface area contributed by atoms with E-state index in [1.165, 1.54) is 11.1 Å². The molecule has 0 bridgehead atoms. The van der Waals surface area contributed by atoms with E-state index in [-0.39, 0.29) is 6.04 Å². The zero-order valence-electron chi connectivity index (χ0n) is 12.8. The molecule has 0 spiro atoms. The molecular weight excluding hydrogens is 282 g/mol. The average molecular weight is 304 g/mol. The summed E-state index contributed by atoms with van der Waals surface area (Å²) in [6.07, 6.45) is 1.86. The van der Waals surface area contributed by atoms with Crippen molar-refractivity contribution in [2.75, 3.05) is 7.11 Å². The molecule has 2 rings (SSSR count). The second kappa shape index (κ2) is 6.97. The van der Waals surface area contributed by atoms with E-state index in [9.17, 15) is 0 Å². The van der Waals surface area contributed by atoms with E-state index in [0.717, 1.165) is 34.7 Å². The highest BCUT2D eigenvalue weighted by molar-refractivity contribution is 6.31. The van der Waals surface area contributed by atoms with Gasteiger partial charge >= 0.3 is 0 Å². The number of ether oxygens (including phenoxy) is 1. The van der Waals surface area contributed by atoms with Crippen molar-refractivity contribution in [1.29, 1.82) is 0 Å². The van der Waals surface area contributed by atoms with E-state index in [1.54, 1.807) is 7.11 Å². The highest BCUT2D eigenvalue weighted by atomic mass is 35.5. The number of hydrogen-bond donors (Lipinski definition) is 1. The van der Waals surface area contributed by atoms with Crippen LogP contribution in [-0.2, 0) is 6.42 Å². The Hall–Kier alpha value is -1.51. The SMILES string of the molecule is COc1ccc(CCC(N)c2cc(C)c(Cl)cc2C)cc1. The zero-order valence-corrected chi connectivity index (χ0v) is 13.6. The van der Waals surface area contributed by atoms with Crippen molar-refractivity contribution in [3.8, 4) is 5.75 Å². The third kappa shape index (κ3) is 3.99. The quantitative estimate of drug-likeness (QED) is 0.876. The summed E-state index contributed by atoms with van der Waals surface area (Å²) in [6.45, 7) is 4.08. The van der Waals surface area contributed by atoms with Crippen molar-refractivity contribution < 1.29 is 4.74 Å². The fourth-order valence-electron chi connectivity index (χ4n) is 2.47. The first-order chi connectivity index (χ1) is 10.0. The van der Waals surface area contributed by atoms with Crippen molar-refractivity contribution in [3.63, 3.8) is 0 Å². The predicted octanol–water partition coefficient (Wildman–Crippen LogP) is 4.60. The summed E-state index contributed by atoms with van der Waals surface area (Å²) in [5.41, 5.74) is 11.1. The normalized spacial score (nSPS) is 12.2. The molecule has 0 heterocycles. The fourth-order valence-corrected chi connectivity index (χ4v) is 2.69. The molecule has 0 aromatic heterocycles. The molecule has 0 radical (unpaired) electrons. The minimum atomic E-state index is 0.0306. The Morgan fingerprint density at radius 2 is 1.76 bits per heavy atom. The number of hydrogen-bond acceptors (Lipinski definition) is 2. The van der Waals surface area contributed by atoms with Gasteiger partial charge < -0.3 is 10.5 Å². The van der Waals surface area contributed by atoms with Gasteiger partial charge in [0, 0.05) is 11.1 Å². The van der Waals surface area contributed by atoms with Gasteiger partial charge in [0.1, 0.15) is 5.75 Å². The number of methoxy groups -OCH3 is 1. The van der Waals surface area contributed by atoms with E-state index < -0.39 is 0 Å². The Morgan fingerprint density at radius 1 is 1.10 bits per heavy atom. The number of nitrogens with two attached hydrogens (primary N) is 1. The van der Waals surface area contributed by atoms with Gasteiger partial charge in [0.25, 0.3) is 0 Å². The second-order valence-corrected chi connectivity index (χ2v) is 5.86.